The van der Waals surface area contributed by atoms with Crippen LogP contribution in [-0.4, -0.2) is 23.9 Å². The third-order valence-corrected chi connectivity index (χ3v) is 2.23. The molecule has 2 atom stereocenters. The summed E-state index contributed by atoms with van der Waals surface area (Å²) in [6.07, 6.45) is 0.0911. The normalized spacial score (nSPS) is 13.5. The lowest BCUT2D eigenvalue weighted by Gasteiger charge is -2.18. The van der Waals surface area contributed by atoms with Gasteiger partial charge < -0.3 is 9.84 Å². The van der Waals surface area contributed by atoms with E-state index in [1.54, 1.807) is 0 Å². The predicted octanol–water partition coefficient (Wildman–Crippen LogP) is 2.43. The van der Waals surface area contributed by atoms with Gasteiger partial charge in [-0.05, 0) is 11.1 Å². The molecule has 0 aliphatic carbocycles. The lowest BCUT2D eigenvalue weighted by molar-refractivity contribution is -0.0138. The van der Waals surface area contributed by atoms with E-state index in [1.165, 1.54) is 6.08 Å². The van der Waals surface area contributed by atoms with Crippen LogP contribution in [-0.2, 0) is 11.3 Å². The molecule has 0 saturated carbocycles. The quantitative estimate of drug-likeness (QED) is 0.340. The molecule has 0 radical (unpaired) electrons. The Kier molecular flexibility index (Phi) is 5.82. The van der Waals surface area contributed by atoms with Crippen molar-refractivity contribution in [2.45, 2.75) is 18.8 Å². The molecule has 1 rings (SSSR count). The Labute approximate surface area is 100.0 Å². The van der Waals surface area contributed by atoms with Crippen molar-refractivity contribution in [1.29, 1.82) is 0 Å². The summed E-state index contributed by atoms with van der Waals surface area (Å²) in [6, 6.07) is 9.61. The van der Waals surface area contributed by atoms with E-state index < -0.39 is 12.2 Å². The number of aliphatic hydroxyl groups is 1. The van der Waals surface area contributed by atoms with Gasteiger partial charge in [0.15, 0.2) is 0 Å². The zero-order valence-electron chi connectivity index (χ0n) is 9.44. The zero-order chi connectivity index (χ0) is 12.5. The second kappa shape index (κ2) is 7.46. The molecule has 0 fully saturated rings. The molecule has 1 aromatic carbocycles. The van der Waals surface area contributed by atoms with Crippen LogP contribution in [0.1, 0.15) is 5.56 Å². The topological polar surface area (TPSA) is 78.2 Å². The molecule has 0 unspecified atom stereocenters. The van der Waals surface area contributed by atoms with Crippen LogP contribution in [0.15, 0.2) is 48.1 Å². The number of rotatable bonds is 7. The third kappa shape index (κ3) is 4.70. The fourth-order valence-corrected chi connectivity index (χ4v) is 1.33. The van der Waals surface area contributed by atoms with Gasteiger partial charge in [-0.25, -0.2) is 0 Å². The summed E-state index contributed by atoms with van der Waals surface area (Å²) >= 11 is 0. The second-order valence-electron chi connectivity index (χ2n) is 3.48. The minimum atomic E-state index is -0.868. The molecule has 1 aromatic rings. The molecular weight excluding hydrogens is 218 g/mol. The maximum atomic E-state index is 9.66. The Bertz CT molecular complexity index is 388. The highest BCUT2D eigenvalue weighted by Gasteiger charge is 2.15. The Morgan fingerprint density at radius 3 is 2.76 bits per heavy atom. The van der Waals surface area contributed by atoms with Gasteiger partial charge in [0, 0.05) is 4.91 Å². The van der Waals surface area contributed by atoms with Crippen LogP contribution < -0.4 is 0 Å². The minimum absolute atomic E-state index is 0.0258. The van der Waals surface area contributed by atoms with Gasteiger partial charge in [0.2, 0.25) is 0 Å². The average molecular weight is 233 g/mol. The van der Waals surface area contributed by atoms with Gasteiger partial charge in [-0.2, -0.15) is 0 Å². The summed E-state index contributed by atoms with van der Waals surface area (Å²) in [6.45, 7) is 3.94. The number of aliphatic hydroxyl groups excluding tert-OH is 1. The molecule has 0 heterocycles. The fourth-order valence-electron chi connectivity index (χ4n) is 1.33. The van der Waals surface area contributed by atoms with Crippen LogP contribution >= 0.6 is 0 Å². The van der Waals surface area contributed by atoms with Crippen molar-refractivity contribution >= 4 is 0 Å². The molecule has 5 heteroatoms. The predicted molar refractivity (Wildman–Crippen MR) is 65.2 cm³/mol. The number of benzene rings is 1. The molecule has 0 amide bonds. The summed E-state index contributed by atoms with van der Waals surface area (Å²) in [5.41, 5.74) is 9.17. The van der Waals surface area contributed by atoms with Gasteiger partial charge in [-0.15, -0.1) is 6.58 Å². The molecule has 0 aromatic heterocycles. The van der Waals surface area contributed by atoms with Gasteiger partial charge in [-0.3, -0.25) is 0 Å². The molecule has 0 aliphatic rings. The molecule has 0 bridgehead atoms. The summed E-state index contributed by atoms with van der Waals surface area (Å²) in [5.74, 6) is 0. The first-order chi connectivity index (χ1) is 8.27. The number of hydrogen-bond acceptors (Lipinski definition) is 3. The minimum Gasteiger partial charge on any atom is -0.390 e. The van der Waals surface area contributed by atoms with Crippen molar-refractivity contribution in [2.75, 3.05) is 6.54 Å². The van der Waals surface area contributed by atoms with Crippen molar-refractivity contribution in [2.24, 2.45) is 5.11 Å². The van der Waals surface area contributed by atoms with E-state index in [4.69, 9.17) is 10.3 Å². The molecule has 0 aliphatic heterocycles. The smallest absolute Gasteiger partial charge is 0.102 e. The van der Waals surface area contributed by atoms with Gasteiger partial charge in [-0.1, -0.05) is 41.5 Å². The Morgan fingerprint density at radius 1 is 1.47 bits per heavy atom. The summed E-state index contributed by atoms with van der Waals surface area (Å²) in [7, 11) is 0. The van der Waals surface area contributed by atoms with Crippen LogP contribution in [0.3, 0.4) is 0 Å². The first-order valence-corrected chi connectivity index (χ1v) is 5.25. The molecule has 90 valence electrons. The van der Waals surface area contributed by atoms with Crippen LogP contribution in [0.5, 0.6) is 0 Å². The largest absolute Gasteiger partial charge is 0.390 e. The first-order valence-electron chi connectivity index (χ1n) is 5.25. The Balaban J connectivity index is 2.47. The lowest BCUT2D eigenvalue weighted by Crippen LogP contribution is -2.29. The van der Waals surface area contributed by atoms with E-state index in [1.807, 2.05) is 30.3 Å². The van der Waals surface area contributed by atoms with E-state index in [0.717, 1.165) is 5.56 Å². The standard InChI is InChI=1S/C12H15N3O2/c1-2-12(11(16)8-14-15-13)17-9-10-6-4-3-5-7-10/h2-7,11-12,16H,1,8-9H2/t11-,12+/m0/s1. The third-order valence-electron chi connectivity index (χ3n) is 2.23. The van der Waals surface area contributed by atoms with E-state index >= 15 is 0 Å². The van der Waals surface area contributed by atoms with Crippen molar-refractivity contribution in [3.63, 3.8) is 0 Å². The number of ether oxygens (including phenoxy) is 1. The highest BCUT2D eigenvalue weighted by molar-refractivity contribution is 5.13. The molecule has 0 spiro atoms. The van der Waals surface area contributed by atoms with Crippen molar-refractivity contribution in [3.05, 3.63) is 59.0 Å². The van der Waals surface area contributed by atoms with Crippen LogP contribution in [0, 0.1) is 0 Å². The molecule has 0 saturated heterocycles. The average Bonchev–Trinajstić information content (AvgIpc) is 2.38. The van der Waals surface area contributed by atoms with Gasteiger partial charge >= 0.3 is 0 Å². The summed E-state index contributed by atoms with van der Waals surface area (Å²) < 4.78 is 5.48. The van der Waals surface area contributed by atoms with Gasteiger partial charge in [0.1, 0.15) is 6.10 Å². The molecule has 17 heavy (non-hydrogen) atoms. The van der Waals surface area contributed by atoms with E-state index in [-0.39, 0.29) is 6.54 Å². The maximum Gasteiger partial charge on any atom is 0.102 e. The second-order valence-corrected chi connectivity index (χ2v) is 3.48. The molecule has 5 nitrogen and oxygen atoms in total. The van der Waals surface area contributed by atoms with E-state index in [2.05, 4.69) is 16.6 Å². The van der Waals surface area contributed by atoms with Crippen LogP contribution in [0.2, 0.25) is 0 Å². The van der Waals surface area contributed by atoms with Gasteiger partial charge in [0.25, 0.3) is 0 Å². The highest BCUT2D eigenvalue weighted by Crippen LogP contribution is 2.07. The number of azide groups is 1. The zero-order valence-corrected chi connectivity index (χ0v) is 9.44. The Morgan fingerprint density at radius 2 is 2.18 bits per heavy atom. The highest BCUT2D eigenvalue weighted by atomic mass is 16.5. The molecule has 1 N–H and O–H groups in total. The van der Waals surface area contributed by atoms with Crippen molar-refractivity contribution in [1.82, 2.24) is 0 Å². The van der Waals surface area contributed by atoms with Gasteiger partial charge in [0.05, 0.1) is 19.3 Å². The molecular formula is C12H15N3O2. The number of hydrogen-bond donors (Lipinski definition) is 1. The fraction of sp³-hybridized carbons (Fsp3) is 0.333. The van der Waals surface area contributed by atoms with Crippen molar-refractivity contribution in [3.8, 4) is 0 Å². The van der Waals surface area contributed by atoms with Crippen LogP contribution in [0.4, 0.5) is 0 Å². The van der Waals surface area contributed by atoms with E-state index in [9.17, 15) is 5.11 Å². The SMILES string of the molecule is C=C[C@@H](OCc1ccccc1)[C@@H](O)CN=[N+]=[N-]. The van der Waals surface area contributed by atoms with E-state index in [0.29, 0.717) is 6.61 Å². The summed E-state index contributed by atoms with van der Waals surface area (Å²) in [5, 5.41) is 13.0. The Hall–Kier alpha value is -1.81. The monoisotopic (exact) mass is 233 g/mol. The number of nitrogens with zero attached hydrogens (tertiary/aromatic N) is 3. The van der Waals surface area contributed by atoms with Crippen LogP contribution in [0.25, 0.3) is 10.4 Å². The van der Waals surface area contributed by atoms with Crippen molar-refractivity contribution < 1.29 is 9.84 Å². The first kappa shape index (κ1) is 13.3. The lowest BCUT2D eigenvalue weighted by atomic mass is 10.2. The summed E-state index contributed by atoms with van der Waals surface area (Å²) in [4.78, 5) is 2.59. The maximum absolute atomic E-state index is 9.66.